The number of carbonyl (C=O) groups excluding carboxylic acids is 3. The largest absolute Gasteiger partial charge is 0.453 e. The monoisotopic (exact) mass is 614 g/mol. The van der Waals surface area contributed by atoms with Crippen LogP contribution in [-0.2, 0) is 14.2 Å². The first-order valence-corrected chi connectivity index (χ1v) is 16.4. The molecule has 2 aromatic carbocycles. The zero-order valence-corrected chi connectivity index (χ0v) is 27.4. The number of nitrogens with zero attached hydrogens (tertiary/aromatic N) is 1. The Morgan fingerprint density at radius 2 is 1.37 bits per heavy atom. The van der Waals surface area contributed by atoms with Gasteiger partial charge in [-0.3, -0.25) is 9.59 Å². The average molecular weight is 615 g/mol. The zero-order valence-electron chi connectivity index (χ0n) is 26.5. The molecule has 1 saturated heterocycles. The molecule has 3 N–H and O–H groups in total. The Labute approximate surface area is 255 Å². The number of carbonyl (C=O) groups is 3. The van der Waals surface area contributed by atoms with E-state index in [1.165, 1.54) is 4.90 Å². The van der Waals surface area contributed by atoms with Crippen molar-refractivity contribution in [2.75, 3.05) is 6.54 Å². The van der Waals surface area contributed by atoms with Crippen LogP contribution >= 0.6 is 7.60 Å². The van der Waals surface area contributed by atoms with Crippen LogP contribution in [0.15, 0.2) is 60.7 Å². The highest BCUT2D eigenvalue weighted by molar-refractivity contribution is 7.55. The lowest BCUT2D eigenvalue weighted by Crippen LogP contribution is -2.60. The van der Waals surface area contributed by atoms with Crippen molar-refractivity contribution in [3.8, 4) is 11.5 Å². The molecule has 1 aliphatic heterocycles. The molecule has 0 radical (unpaired) electrons. The number of urea groups is 1. The van der Waals surface area contributed by atoms with Gasteiger partial charge in [0.25, 0.3) is 0 Å². The minimum atomic E-state index is -4.05. The second-order valence-corrected chi connectivity index (χ2v) is 15.4. The summed E-state index contributed by atoms with van der Waals surface area (Å²) in [5.41, 5.74) is -1.12. The van der Waals surface area contributed by atoms with Crippen molar-refractivity contribution < 1.29 is 28.0 Å². The van der Waals surface area contributed by atoms with E-state index in [-0.39, 0.29) is 11.8 Å². The standard InChI is InChI=1S/C32H47N4O6P/c1-22(2)28(43(40,41-23-16-11-9-12-17-23)42-24-18-13-10-14-19-24)34-27(37)25-20-15-21-36(25)29(38)26(31(3,4)5)33-30(39)35-32(6,7)8/h9-14,16-19,22,25-26,28H,15,20-21H2,1-8H3,(H,34,37)(H2,33,35,39)/t25-,26+,28?/m0/s1. The number of amides is 4. The van der Waals surface area contributed by atoms with Crippen molar-refractivity contribution in [1.82, 2.24) is 20.9 Å². The second kappa shape index (κ2) is 13.8. The molecule has 0 bridgehead atoms. The first-order valence-electron chi connectivity index (χ1n) is 14.8. The van der Waals surface area contributed by atoms with Gasteiger partial charge in [0.1, 0.15) is 23.6 Å². The molecule has 0 spiro atoms. The van der Waals surface area contributed by atoms with Crippen molar-refractivity contribution in [2.45, 2.75) is 91.6 Å². The van der Waals surface area contributed by atoms with Gasteiger partial charge in [-0.2, -0.15) is 0 Å². The summed E-state index contributed by atoms with van der Waals surface area (Å²) < 4.78 is 26.6. The summed E-state index contributed by atoms with van der Waals surface area (Å²) in [5.74, 6) is -1.49. The molecular weight excluding hydrogens is 567 g/mol. The third-order valence-electron chi connectivity index (χ3n) is 6.93. The molecule has 2 aromatic rings. The van der Waals surface area contributed by atoms with Gasteiger partial charge < -0.3 is 29.9 Å². The van der Waals surface area contributed by atoms with E-state index in [0.717, 1.165) is 0 Å². The van der Waals surface area contributed by atoms with Crippen LogP contribution in [0.25, 0.3) is 0 Å². The summed E-state index contributed by atoms with van der Waals surface area (Å²) in [5, 5.41) is 8.60. The SMILES string of the molecule is CC(C)C(NC(=O)[C@@H]1CCCN1C(=O)[C@@H](NC(=O)NC(C)(C)C)C(C)(C)C)P(=O)(Oc1ccccc1)Oc1ccccc1. The van der Waals surface area contributed by atoms with Crippen LogP contribution in [-0.4, -0.2) is 52.7 Å². The summed E-state index contributed by atoms with van der Waals surface area (Å²) in [6.07, 6.45) is 1.04. The Balaban J connectivity index is 1.87. The van der Waals surface area contributed by atoms with Crippen LogP contribution in [0.1, 0.15) is 68.2 Å². The molecule has 1 unspecified atom stereocenters. The Hall–Kier alpha value is -3.52. The Morgan fingerprint density at radius 3 is 1.81 bits per heavy atom. The fourth-order valence-corrected chi connectivity index (χ4v) is 6.98. The third kappa shape index (κ3) is 9.48. The lowest BCUT2D eigenvalue weighted by atomic mass is 9.85. The van der Waals surface area contributed by atoms with E-state index in [9.17, 15) is 18.9 Å². The summed E-state index contributed by atoms with van der Waals surface area (Å²) in [6, 6.07) is 15.2. The summed E-state index contributed by atoms with van der Waals surface area (Å²) in [4.78, 5) is 42.0. The van der Waals surface area contributed by atoms with Gasteiger partial charge in [-0.1, -0.05) is 71.0 Å². The summed E-state index contributed by atoms with van der Waals surface area (Å²) in [6.45, 7) is 15.2. The van der Waals surface area contributed by atoms with Gasteiger partial charge in [-0.15, -0.1) is 0 Å². The molecule has 1 heterocycles. The van der Waals surface area contributed by atoms with Gasteiger partial charge >= 0.3 is 13.6 Å². The van der Waals surface area contributed by atoms with E-state index in [1.807, 2.05) is 67.5 Å². The zero-order chi connectivity index (χ0) is 32.0. The van der Waals surface area contributed by atoms with Gasteiger partial charge in [0, 0.05) is 12.1 Å². The molecule has 10 nitrogen and oxygen atoms in total. The van der Waals surface area contributed by atoms with E-state index in [0.29, 0.717) is 30.9 Å². The minimum Gasteiger partial charge on any atom is -0.415 e. The number of rotatable bonds is 10. The molecule has 43 heavy (non-hydrogen) atoms. The maximum Gasteiger partial charge on any atom is 0.453 e. The van der Waals surface area contributed by atoms with E-state index in [4.69, 9.17) is 9.05 Å². The molecule has 0 saturated carbocycles. The van der Waals surface area contributed by atoms with Crippen LogP contribution in [0.5, 0.6) is 11.5 Å². The highest BCUT2D eigenvalue weighted by Crippen LogP contribution is 2.54. The maximum absolute atomic E-state index is 14.5. The highest BCUT2D eigenvalue weighted by Gasteiger charge is 2.46. The quantitative estimate of drug-likeness (QED) is 0.285. The van der Waals surface area contributed by atoms with Gasteiger partial charge in [0.15, 0.2) is 5.78 Å². The molecule has 4 amide bonds. The molecule has 11 heteroatoms. The van der Waals surface area contributed by atoms with Crippen LogP contribution in [0, 0.1) is 11.3 Å². The first kappa shape index (κ1) is 34.0. The fourth-order valence-electron chi connectivity index (χ4n) is 4.87. The van der Waals surface area contributed by atoms with Crippen LogP contribution in [0.4, 0.5) is 4.79 Å². The number of nitrogens with one attached hydrogen (secondary N) is 3. The fraction of sp³-hybridized carbons (Fsp3) is 0.531. The lowest BCUT2D eigenvalue weighted by Gasteiger charge is -2.37. The molecule has 3 atom stereocenters. The van der Waals surface area contributed by atoms with Crippen molar-refractivity contribution >= 4 is 25.4 Å². The first-order chi connectivity index (χ1) is 20.0. The third-order valence-corrected chi connectivity index (χ3v) is 9.27. The highest BCUT2D eigenvalue weighted by atomic mass is 31.2. The van der Waals surface area contributed by atoms with E-state index in [2.05, 4.69) is 16.0 Å². The minimum absolute atomic E-state index is 0.340. The topological polar surface area (TPSA) is 126 Å². The van der Waals surface area contributed by atoms with E-state index >= 15 is 0 Å². The number of benzene rings is 2. The molecule has 236 valence electrons. The molecule has 0 aromatic heterocycles. The predicted octanol–water partition coefficient (Wildman–Crippen LogP) is 5.94. The average Bonchev–Trinajstić information content (AvgIpc) is 3.39. The Kier molecular flexibility index (Phi) is 10.9. The van der Waals surface area contributed by atoms with Crippen molar-refractivity contribution in [3.63, 3.8) is 0 Å². The van der Waals surface area contributed by atoms with Crippen LogP contribution in [0.2, 0.25) is 0 Å². The Morgan fingerprint density at radius 1 is 0.860 bits per heavy atom. The summed E-state index contributed by atoms with van der Waals surface area (Å²) >= 11 is 0. The summed E-state index contributed by atoms with van der Waals surface area (Å²) in [7, 11) is -4.05. The van der Waals surface area contributed by atoms with Crippen LogP contribution < -0.4 is 25.0 Å². The number of para-hydroxylation sites is 2. The van der Waals surface area contributed by atoms with Gasteiger partial charge in [0.2, 0.25) is 11.8 Å². The van der Waals surface area contributed by atoms with Gasteiger partial charge in [0.05, 0.1) is 0 Å². The predicted molar refractivity (Wildman–Crippen MR) is 168 cm³/mol. The number of hydrogen-bond acceptors (Lipinski definition) is 6. The van der Waals surface area contributed by atoms with E-state index in [1.54, 1.807) is 48.5 Å². The van der Waals surface area contributed by atoms with Gasteiger partial charge in [-0.05, 0) is 69.2 Å². The molecular formula is C32H47N4O6P. The van der Waals surface area contributed by atoms with Crippen molar-refractivity contribution in [3.05, 3.63) is 60.7 Å². The molecule has 3 rings (SSSR count). The smallest absolute Gasteiger partial charge is 0.415 e. The molecule has 1 fully saturated rings. The number of hydrogen-bond donors (Lipinski definition) is 3. The van der Waals surface area contributed by atoms with E-state index < -0.39 is 48.4 Å². The maximum atomic E-state index is 14.5. The normalized spacial score (nSPS) is 17.1. The van der Waals surface area contributed by atoms with Gasteiger partial charge in [-0.25, -0.2) is 9.36 Å². The second-order valence-electron chi connectivity index (χ2n) is 13.4. The van der Waals surface area contributed by atoms with Crippen molar-refractivity contribution in [1.29, 1.82) is 0 Å². The molecule has 0 aliphatic carbocycles. The lowest BCUT2D eigenvalue weighted by molar-refractivity contribution is -0.142. The molecule has 1 aliphatic rings. The van der Waals surface area contributed by atoms with Crippen LogP contribution in [0.3, 0.4) is 0 Å². The number of likely N-dealkylation sites (tertiary alicyclic amines) is 1. The van der Waals surface area contributed by atoms with Crippen molar-refractivity contribution in [2.24, 2.45) is 11.3 Å². The Bertz CT molecular complexity index is 1240.